The third-order valence-electron chi connectivity index (χ3n) is 1.94. The number of hydrogen-bond acceptors (Lipinski definition) is 2. The van der Waals surface area contributed by atoms with E-state index in [4.69, 9.17) is 23.2 Å². The molecule has 2 nitrogen and oxygen atoms in total. The van der Waals surface area contributed by atoms with Gasteiger partial charge in [-0.25, -0.2) is 4.98 Å². The number of aromatic nitrogens is 1. The minimum Gasteiger partial charge on any atom is -0.302 e. The van der Waals surface area contributed by atoms with Crippen LogP contribution in [0.25, 0.3) is 0 Å². The SMILES string of the molecule is CCCN(C)Cc1ccc(Cl)nc1Cl. The second-order valence-electron chi connectivity index (χ2n) is 3.32. The Morgan fingerprint density at radius 2 is 2.07 bits per heavy atom. The van der Waals surface area contributed by atoms with E-state index in [0.717, 1.165) is 25.1 Å². The van der Waals surface area contributed by atoms with Crippen LogP contribution in [0, 0.1) is 0 Å². The van der Waals surface area contributed by atoms with Gasteiger partial charge < -0.3 is 4.90 Å². The van der Waals surface area contributed by atoms with E-state index >= 15 is 0 Å². The predicted molar refractivity (Wildman–Crippen MR) is 60.9 cm³/mol. The second kappa shape index (κ2) is 5.54. The summed E-state index contributed by atoms with van der Waals surface area (Å²) in [5, 5.41) is 0.942. The molecule has 0 unspecified atom stereocenters. The van der Waals surface area contributed by atoms with Gasteiger partial charge >= 0.3 is 0 Å². The van der Waals surface area contributed by atoms with Gasteiger partial charge in [-0.15, -0.1) is 0 Å². The summed E-state index contributed by atoms with van der Waals surface area (Å²) in [5.74, 6) is 0. The molecule has 0 N–H and O–H groups in total. The highest BCUT2D eigenvalue weighted by Gasteiger charge is 2.05. The van der Waals surface area contributed by atoms with E-state index in [1.165, 1.54) is 0 Å². The molecule has 1 heterocycles. The average Bonchev–Trinajstić information content (AvgIpc) is 2.10. The lowest BCUT2D eigenvalue weighted by Crippen LogP contribution is -2.18. The first kappa shape index (κ1) is 11.8. The van der Waals surface area contributed by atoms with Crippen molar-refractivity contribution in [2.75, 3.05) is 13.6 Å². The van der Waals surface area contributed by atoms with Crippen molar-refractivity contribution in [1.29, 1.82) is 0 Å². The normalized spacial score (nSPS) is 10.9. The van der Waals surface area contributed by atoms with E-state index < -0.39 is 0 Å². The molecule has 0 spiro atoms. The Balaban J connectivity index is 2.67. The molecular weight excluding hydrogens is 219 g/mol. The van der Waals surface area contributed by atoms with Crippen LogP contribution in [-0.4, -0.2) is 23.5 Å². The van der Waals surface area contributed by atoms with Gasteiger partial charge in [0.2, 0.25) is 0 Å². The molecule has 0 aliphatic carbocycles. The van der Waals surface area contributed by atoms with Crippen LogP contribution in [0.15, 0.2) is 12.1 Å². The third-order valence-corrected chi connectivity index (χ3v) is 2.48. The van der Waals surface area contributed by atoms with Gasteiger partial charge in [0.15, 0.2) is 0 Å². The summed E-state index contributed by atoms with van der Waals surface area (Å²) in [4.78, 5) is 6.20. The molecule has 4 heteroatoms. The molecular formula is C10H14Cl2N2. The van der Waals surface area contributed by atoms with E-state index in [1.54, 1.807) is 6.07 Å². The quantitative estimate of drug-likeness (QED) is 0.742. The Hall–Kier alpha value is -0.310. The van der Waals surface area contributed by atoms with Gasteiger partial charge in [0.1, 0.15) is 10.3 Å². The van der Waals surface area contributed by atoms with Crippen molar-refractivity contribution in [3.05, 3.63) is 28.0 Å². The fourth-order valence-electron chi connectivity index (χ4n) is 1.31. The van der Waals surface area contributed by atoms with Gasteiger partial charge in [0.25, 0.3) is 0 Å². The highest BCUT2D eigenvalue weighted by molar-refractivity contribution is 6.32. The second-order valence-corrected chi connectivity index (χ2v) is 4.07. The van der Waals surface area contributed by atoms with Gasteiger partial charge in [-0.1, -0.05) is 36.2 Å². The van der Waals surface area contributed by atoms with Crippen molar-refractivity contribution in [3.63, 3.8) is 0 Å². The largest absolute Gasteiger partial charge is 0.302 e. The smallest absolute Gasteiger partial charge is 0.135 e. The fourth-order valence-corrected chi connectivity index (χ4v) is 1.72. The van der Waals surface area contributed by atoms with Crippen LogP contribution in [0.4, 0.5) is 0 Å². The molecule has 0 amide bonds. The molecule has 1 aromatic rings. The van der Waals surface area contributed by atoms with Crippen LogP contribution in [0.1, 0.15) is 18.9 Å². The Bertz CT molecular complexity index is 302. The van der Waals surface area contributed by atoms with Crippen molar-refractivity contribution in [2.45, 2.75) is 19.9 Å². The Morgan fingerprint density at radius 3 is 2.64 bits per heavy atom. The molecule has 0 saturated heterocycles. The van der Waals surface area contributed by atoms with E-state index in [0.29, 0.717) is 10.3 Å². The van der Waals surface area contributed by atoms with Crippen LogP contribution in [0.2, 0.25) is 10.3 Å². The molecule has 0 aromatic carbocycles. The summed E-state index contributed by atoms with van der Waals surface area (Å²) in [6, 6.07) is 3.69. The fraction of sp³-hybridized carbons (Fsp3) is 0.500. The van der Waals surface area contributed by atoms with Crippen LogP contribution in [0.3, 0.4) is 0 Å². The summed E-state index contributed by atoms with van der Waals surface area (Å²) in [7, 11) is 2.06. The molecule has 0 atom stereocenters. The number of pyridine rings is 1. The highest BCUT2D eigenvalue weighted by atomic mass is 35.5. The molecule has 0 saturated carbocycles. The lowest BCUT2D eigenvalue weighted by molar-refractivity contribution is 0.327. The molecule has 0 radical (unpaired) electrons. The maximum absolute atomic E-state index is 5.95. The topological polar surface area (TPSA) is 16.1 Å². The zero-order valence-electron chi connectivity index (χ0n) is 8.43. The zero-order chi connectivity index (χ0) is 10.6. The first-order valence-electron chi connectivity index (χ1n) is 4.63. The molecule has 14 heavy (non-hydrogen) atoms. The molecule has 1 aromatic heterocycles. The first-order valence-corrected chi connectivity index (χ1v) is 5.38. The standard InChI is InChI=1S/C10H14Cl2N2/c1-3-6-14(2)7-8-4-5-9(11)13-10(8)12/h4-5H,3,6-7H2,1-2H3. The minimum atomic E-state index is 0.442. The highest BCUT2D eigenvalue weighted by Crippen LogP contribution is 2.17. The minimum absolute atomic E-state index is 0.442. The zero-order valence-corrected chi connectivity index (χ0v) is 9.94. The van der Waals surface area contributed by atoms with Crippen LogP contribution in [0.5, 0.6) is 0 Å². The van der Waals surface area contributed by atoms with Crippen LogP contribution >= 0.6 is 23.2 Å². The third kappa shape index (κ3) is 3.45. The monoisotopic (exact) mass is 232 g/mol. The van der Waals surface area contributed by atoms with Crippen molar-refractivity contribution < 1.29 is 0 Å². The number of halogens is 2. The van der Waals surface area contributed by atoms with E-state index in [9.17, 15) is 0 Å². The molecule has 78 valence electrons. The summed E-state index contributed by atoms with van der Waals surface area (Å²) >= 11 is 11.7. The van der Waals surface area contributed by atoms with Gasteiger partial charge in [-0.3, -0.25) is 0 Å². The Kier molecular flexibility index (Phi) is 4.66. The van der Waals surface area contributed by atoms with E-state index in [2.05, 4.69) is 23.9 Å². The maximum atomic E-state index is 5.95. The molecule has 0 aliphatic heterocycles. The number of nitrogens with zero attached hydrogens (tertiary/aromatic N) is 2. The van der Waals surface area contributed by atoms with Crippen LogP contribution in [-0.2, 0) is 6.54 Å². The average molecular weight is 233 g/mol. The molecule has 0 fully saturated rings. The summed E-state index contributed by atoms with van der Waals surface area (Å²) in [6.07, 6.45) is 1.13. The van der Waals surface area contributed by atoms with E-state index in [1.807, 2.05) is 6.07 Å². The summed E-state index contributed by atoms with van der Waals surface area (Å²) in [5.41, 5.74) is 1.02. The summed E-state index contributed by atoms with van der Waals surface area (Å²) < 4.78 is 0. The van der Waals surface area contributed by atoms with Crippen molar-refractivity contribution >= 4 is 23.2 Å². The van der Waals surface area contributed by atoms with Crippen molar-refractivity contribution in [1.82, 2.24) is 9.88 Å². The van der Waals surface area contributed by atoms with Gasteiger partial charge in [0, 0.05) is 12.1 Å². The molecule has 0 bridgehead atoms. The van der Waals surface area contributed by atoms with Gasteiger partial charge in [0.05, 0.1) is 0 Å². The van der Waals surface area contributed by atoms with E-state index in [-0.39, 0.29) is 0 Å². The summed E-state index contributed by atoms with van der Waals surface area (Å²) in [6.45, 7) is 4.02. The maximum Gasteiger partial charge on any atom is 0.135 e. The lowest BCUT2D eigenvalue weighted by Gasteiger charge is -2.15. The lowest BCUT2D eigenvalue weighted by atomic mass is 10.2. The van der Waals surface area contributed by atoms with Crippen molar-refractivity contribution in [3.8, 4) is 0 Å². The number of rotatable bonds is 4. The van der Waals surface area contributed by atoms with Crippen LogP contribution < -0.4 is 0 Å². The number of hydrogen-bond donors (Lipinski definition) is 0. The Morgan fingerprint density at radius 1 is 1.36 bits per heavy atom. The predicted octanol–water partition coefficient (Wildman–Crippen LogP) is 3.23. The van der Waals surface area contributed by atoms with Gasteiger partial charge in [-0.05, 0) is 26.1 Å². The molecule has 1 rings (SSSR count). The van der Waals surface area contributed by atoms with Crippen molar-refractivity contribution in [2.24, 2.45) is 0 Å². The molecule has 0 aliphatic rings. The van der Waals surface area contributed by atoms with Gasteiger partial charge in [-0.2, -0.15) is 0 Å². The first-order chi connectivity index (χ1) is 6.63. The Labute approximate surface area is 94.8 Å².